The SMILES string of the molecule is CC(C(=O)Nc1ccc(F)cc1N)N(CCO)C1CCC1. The summed E-state index contributed by atoms with van der Waals surface area (Å²) in [4.78, 5) is 14.3. The zero-order valence-electron chi connectivity index (χ0n) is 12.2. The highest BCUT2D eigenvalue weighted by Crippen LogP contribution is 2.27. The van der Waals surface area contributed by atoms with Crippen molar-refractivity contribution in [3.63, 3.8) is 0 Å². The molecule has 116 valence electrons. The summed E-state index contributed by atoms with van der Waals surface area (Å²) in [6.07, 6.45) is 3.26. The number of anilines is 2. The number of nitrogen functional groups attached to an aromatic ring is 1. The molecule has 1 amide bonds. The molecule has 0 saturated heterocycles. The first-order chi connectivity index (χ1) is 10.0. The van der Waals surface area contributed by atoms with Crippen molar-refractivity contribution in [1.29, 1.82) is 0 Å². The molecule has 0 aromatic heterocycles. The second-order valence-electron chi connectivity index (χ2n) is 5.44. The third kappa shape index (κ3) is 3.71. The molecule has 2 rings (SSSR count). The lowest BCUT2D eigenvalue weighted by molar-refractivity contribution is -0.122. The lowest BCUT2D eigenvalue weighted by Crippen LogP contribution is -2.51. The summed E-state index contributed by atoms with van der Waals surface area (Å²) >= 11 is 0. The maximum Gasteiger partial charge on any atom is 0.241 e. The van der Waals surface area contributed by atoms with Crippen LogP contribution in [0.4, 0.5) is 15.8 Å². The average molecular weight is 295 g/mol. The van der Waals surface area contributed by atoms with Gasteiger partial charge in [0.25, 0.3) is 0 Å². The van der Waals surface area contributed by atoms with Crippen molar-refractivity contribution < 1.29 is 14.3 Å². The Balaban J connectivity index is 2.03. The molecular weight excluding hydrogens is 273 g/mol. The van der Waals surface area contributed by atoms with Crippen LogP contribution in [0, 0.1) is 5.82 Å². The van der Waals surface area contributed by atoms with Gasteiger partial charge in [-0.2, -0.15) is 0 Å². The standard InChI is InChI=1S/C15H22FN3O2/c1-10(19(7-8-20)12-3-2-4-12)15(21)18-14-6-5-11(16)9-13(14)17/h5-6,9-10,12,20H,2-4,7-8,17H2,1H3,(H,18,21). The Morgan fingerprint density at radius 1 is 1.57 bits per heavy atom. The summed E-state index contributed by atoms with van der Waals surface area (Å²) in [5.41, 5.74) is 6.30. The molecule has 4 N–H and O–H groups in total. The van der Waals surface area contributed by atoms with Gasteiger partial charge in [-0.25, -0.2) is 4.39 Å². The van der Waals surface area contributed by atoms with Crippen LogP contribution in [0.1, 0.15) is 26.2 Å². The largest absolute Gasteiger partial charge is 0.397 e. The van der Waals surface area contributed by atoms with E-state index in [0.29, 0.717) is 18.3 Å². The highest BCUT2D eigenvalue weighted by Gasteiger charge is 2.31. The monoisotopic (exact) mass is 295 g/mol. The van der Waals surface area contributed by atoms with E-state index in [9.17, 15) is 9.18 Å². The Hall–Kier alpha value is -1.66. The number of carbonyl (C=O) groups is 1. The number of hydrogen-bond donors (Lipinski definition) is 3. The summed E-state index contributed by atoms with van der Waals surface area (Å²) < 4.78 is 13.0. The van der Waals surface area contributed by atoms with Crippen molar-refractivity contribution in [3.8, 4) is 0 Å². The Labute approximate surface area is 123 Å². The maximum atomic E-state index is 13.0. The molecule has 1 fully saturated rings. The van der Waals surface area contributed by atoms with Gasteiger partial charge in [-0.3, -0.25) is 9.69 Å². The molecule has 21 heavy (non-hydrogen) atoms. The van der Waals surface area contributed by atoms with Crippen molar-refractivity contribution in [2.24, 2.45) is 0 Å². The van der Waals surface area contributed by atoms with Crippen LogP contribution in [0.25, 0.3) is 0 Å². The van der Waals surface area contributed by atoms with Crippen molar-refractivity contribution in [1.82, 2.24) is 4.90 Å². The maximum absolute atomic E-state index is 13.0. The van der Waals surface area contributed by atoms with Gasteiger partial charge in [0.05, 0.1) is 24.0 Å². The molecule has 1 aromatic carbocycles. The Bertz CT molecular complexity index is 506. The van der Waals surface area contributed by atoms with Crippen LogP contribution >= 0.6 is 0 Å². The summed E-state index contributed by atoms with van der Waals surface area (Å²) in [5.74, 6) is -0.636. The number of nitrogens with two attached hydrogens (primary N) is 1. The van der Waals surface area contributed by atoms with Gasteiger partial charge in [-0.1, -0.05) is 6.42 Å². The fourth-order valence-corrected chi connectivity index (χ4v) is 2.56. The van der Waals surface area contributed by atoms with Crippen molar-refractivity contribution in [3.05, 3.63) is 24.0 Å². The van der Waals surface area contributed by atoms with Gasteiger partial charge in [-0.15, -0.1) is 0 Å². The van der Waals surface area contributed by atoms with E-state index in [-0.39, 0.29) is 24.2 Å². The number of benzene rings is 1. The van der Waals surface area contributed by atoms with Crippen LogP contribution in [0.15, 0.2) is 18.2 Å². The van der Waals surface area contributed by atoms with Gasteiger partial charge in [0.15, 0.2) is 0 Å². The minimum Gasteiger partial charge on any atom is -0.397 e. The molecule has 1 aliphatic rings. The number of rotatable bonds is 6. The molecule has 1 aromatic rings. The van der Waals surface area contributed by atoms with E-state index in [1.54, 1.807) is 0 Å². The second-order valence-corrected chi connectivity index (χ2v) is 5.44. The minimum absolute atomic E-state index is 0.0206. The van der Waals surface area contributed by atoms with Gasteiger partial charge in [-0.05, 0) is 38.0 Å². The molecule has 0 spiro atoms. The third-order valence-electron chi connectivity index (χ3n) is 4.05. The van der Waals surface area contributed by atoms with Crippen LogP contribution in [0.3, 0.4) is 0 Å². The average Bonchev–Trinajstić information content (AvgIpc) is 2.38. The van der Waals surface area contributed by atoms with E-state index < -0.39 is 5.82 Å². The summed E-state index contributed by atoms with van der Waals surface area (Å²) in [7, 11) is 0. The van der Waals surface area contributed by atoms with Gasteiger partial charge >= 0.3 is 0 Å². The highest BCUT2D eigenvalue weighted by atomic mass is 19.1. The van der Waals surface area contributed by atoms with E-state index in [1.807, 2.05) is 11.8 Å². The number of halogens is 1. The topological polar surface area (TPSA) is 78.6 Å². The molecule has 6 heteroatoms. The number of aliphatic hydroxyl groups is 1. The lowest BCUT2D eigenvalue weighted by Gasteiger charge is -2.40. The lowest BCUT2D eigenvalue weighted by atomic mass is 9.90. The van der Waals surface area contributed by atoms with E-state index >= 15 is 0 Å². The van der Waals surface area contributed by atoms with Gasteiger partial charge in [0.2, 0.25) is 5.91 Å². The number of hydrogen-bond acceptors (Lipinski definition) is 4. The molecular formula is C15H22FN3O2. The molecule has 1 atom stereocenters. The van der Waals surface area contributed by atoms with Crippen molar-refractivity contribution in [2.75, 3.05) is 24.2 Å². The zero-order chi connectivity index (χ0) is 15.4. The summed E-state index contributed by atoms with van der Waals surface area (Å²) in [6.45, 7) is 2.30. The quantitative estimate of drug-likeness (QED) is 0.696. The molecule has 5 nitrogen and oxygen atoms in total. The van der Waals surface area contributed by atoms with Gasteiger partial charge in [0.1, 0.15) is 5.82 Å². The number of nitrogens with zero attached hydrogens (tertiary/aromatic N) is 1. The van der Waals surface area contributed by atoms with E-state index in [2.05, 4.69) is 5.32 Å². The van der Waals surface area contributed by atoms with Crippen molar-refractivity contribution in [2.45, 2.75) is 38.3 Å². The second kappa shape index (κ2) is 6.87. The zero-order valence-corrected chi connectivity index (χ0v) is 12.2. The number of carbonyl (C=O) groups excluding carboxylic acids is 1. The first kappa shape index (κ1) is 15.7. The van der Waals surface area contributed by atoms with Gasteiger partial charge in [0, 0.05) is 12.6 Å². The molecule has 0 aliphatic heterocycles. The first-order valence-electron chi connectivity index (χ1n) is 7.25. The summed E-state index contributed by atoms with van der Waals surface area (Å²) in [5, 5.41) is 11.9. The Kier molecular flexibility index (Phi) is 5.14. The first-order valence-corrected chi connectivity index (χ1v) is 7.25. The number of nitrogens with one attached hydrogen (secondary N) is 1. The normalized spacial score (nSPS) is 16.6. The molecule has 1 saturated carbocycles. The molecule has 1 unspecified atom stereocenters. The van der Waals surface area contributed by atoms with E-state index in [0.717, 1.165) is 19.3 Å². The smallest absolute Gasteiger partial charge is 0.241 e. The van der Waals surface area contributed by atoms with E-state index in [4.69, 9.17) is 10.8 Å². The van der Waals surface area contributed by atoms with Gasteiger partial charge < -0.3 is 16.2 Å². The highest BCUT2D eigenvalue weighted by molar-refractivity contribution is 5.97. The third-order valence-corrected chi connectivity index (χ3v) is 4.05. The predicted octanol–water partition coefficient (Wildman–Crippen LogP) is 1.58. The van der Waals surface area contributed by atoms with Crippen LogP contribution in [0.2, 0.25) is 0 Å². The predicted molar refractivity (Wildman–Crippen MR) is 80.3 cm³/mol. The summed E-state index contributed by atoms with van der Waals surface area (Å²) in [6, 6.07) is 3.87. The fourth-order valence-electron chi connectivity index (χ4n) is 2.56. The Morgan fingerprint density at radius 3 is 2.81 bits per heavy atom. The Morgan fingerprint density at radius 2 is 2.29 bits per heavy atom. The molecule has 0 heterocycles. The molecule has 0 radical (unpaired) electrons. The molecule has 0 bridgehead atoms. The molecule has 1 aliphatic carbocycles. The number of amides is 1. The van der Waals surface area contributed by atoms with Crippen LogP contribution < -0.4 is 11.1 Å². The van der Waals surface area contributed by atoms with Crippen LogP contribution in [0.5, 0.6) is 0 Å². The number of aliphatic hydroxyl groups excluding tert-OH is 1. The van der Waals surface area contributed by atoms with E-state index in [1.165, 1.54) is 18.2 Å². The van der Waals surface area contributed by atoms with Crippen molar-refractivity contribution >= 4 is 17.3 Å². The van der Waals surface area contributed by atoms with Crippen LogP contribution in [-0.4, -0.2) is 41.1 Å². The van der Waals surface area contributed by atoms with Crippen LogP contribution in [-0.2, 0) is 4.79 Å². The fraction of sp³-hybridized carbons (Fsp3) is 0.533. The minimum atomic E-state index is -0.435.